The summed E-state index contributed by atoms with van der Waals surface area (Å²) in [6.45, 7) is 2.39. The van der Waals surface area contributed by atoms with Crippen molar-refractivity contribution in [2.24, 2.45) is 4.99 Å². The summed E-state index contributed by atoms with van der Waals surface area (Å²) in [4.78, 5) is 29.4. The van der Waals surface area contributed by atoms with E-state index in [1.54, 1.807) is 6.07 Å². The van der Waals surface area contributed by atoms with Crippen LogP contribution in [0.1, 0.15) is 18.9 Å². The van der Waals surface area contributed by atoms with E-state index >= 15 is 0 Å². The van der Waals surface area contributed by atoms with Crippen LogP contribution in [0.2, 0.25) is 0 Å². The van der Waals surface area contributed by atoms with Gasteiger partial charge in [0.1, 0.15) is 11.9 Å². The predicted octanol–water partition coefficient (Wildman–Crippen LogP) is 0.971. The summed E-state index contributed by atoms with van der Waals surface area (Å²) in [7, 11) is 0. The standard InChI is InChI=1S/C13H14N4O2.ClH/c1-7-15-10-3-2-9(14)4-8(10)6-17(7)11-5-12(18)16-13(11)19;/h2-4,11H,5-6,14H2,1H3,(H,16,18,19);1H. The topological polar surface area (TPSA) is 87.8 Å². The van der Waals surface area contributed by atoms with Gasteiger partial charge in [0, 0.05) is 12.2 Å². The first kappa shape index (κ1) is 14.3. The van der Waals surface area contributed by atoms with Crippen molar-refractivity contribution in [3.05, 3.63) is 23.8 Å². The molecule has 2 amide bonds. The van der Waals surface area contributed by atoms with Crippen molar-refractivity contribution in [3.8, 4) is 0 Å². The average molecular weight is 295 g/mol. The molecule has 0 radical (unpaired) electrons. The van der Waals surface area contributed by atoms with Crippen LogP contribution in [-0.2, 0) is 16.1 Å². The molecule has 3 rings (SSSR count). The molecule has 20 heavy (non-hydrogen) atoms. The van der Waals surface area contributed by atoms with Gasteiger partial charge in [-0.3, -0.25) is 14.9 Å². The Bertz CT molecular complexity index is 614. The molecule has 2 aliphatic heterocycles. The predicted molar refractivity (Wildman–Crippen MR) is 78.0 cm³/mol. The number of imide groups is 1. The molecule has 1 unspecified atom stereocenters. The van der Waals surface area contributed by atoms with Crippen molar-refractivity contribution < 1.29 is 9.59 Å². The molecular formula is C13H15ClN4O2. The van der Waals surface area contributed by atoms with Crippen molar-refractivity contribution in [1.29, 1.82) is 0 Å². The van der Waals surface area contributed by atoms with E-state index in [0.29, 0.717) is 12.2 Å². The molecule has 6 nitrogen and oxygen atoms in total. The quantitative estimate of drug-likeness (QED) is 0.597. The third-order valence-electron chi connectivity index (χ3n) is 3.46. The van der Waals surface area contributed by atoms with Gasteiger partial charge in [-0.1, -0.05) is 0 Å². The third-order valence-corrected chi connectivity index (χ3v) is 3.46. The summed E-state index contributed by atoms with van der Waals surface area (Å²) in [6.07, 6.45) is 0.184. The molecule has 2 aliphatic rings. The van der Waals surface area contributed by atoms with Crippen LogP contribution in [0.5, 0.6) is 0 Å². The van der Waals surface area contributed by atoms with E-state index in [9.17, 15) is 9.59 Å². The molecule has 7 heteroatoms. The molecule has 1 saturated heterocycles. The smallest absolute Gasteiger partial charge is 0.249 e. The second-order valence-electron chi connectivity index (χ2n) is 4.81. The van der Waals surface area contributed by atoms with Gasteiger partial charge in [-0.15, -0.1) is 12.4 Å². The minimum absolute atomic E-state index is 0. The lowest BCUT2D eigenvalue weighted by Gasteiger charge is -2.32. The van der Waals surface area contributed by atoms with Gasteiger partial charge in [0.25, 0.3) is 0 Å². The maximum atomic E-state index is 11.8. The molecule has 1 aromatic carbocycles. The van der Waals surface area contributed by atoms with Crippen LogP contribution in [0.4, 0.5) is 11.4 Å². The number of benzene rings is 1. The van der Waals surface area contributed by atoms with Crippen LogP contribution < -0.4 is 11.1 Å². The third kappa shape index (κ3) is 2.34. The van der Waals surface area contributed by atoms with Crippen LogP contribution in [-0.4, -0.2) is 28.6 Å². The summed E-state index contributed by atoms with van der Waals surface area (Å²) in [5, 5.41) is 2.32. The maximum Gasteiger partial charge on any atom is 0.249 e. The zero-order valence-corrected chi connectivity index (χ0v) is 11.7. The molecule has 1 aromatic rings. The first-order valence-electron chi connectivity index (χ1n) is 6.08. The summed E-state index contributed by atoms with van der Waals surface area (Å²) in [5.41, 5.74) is 8.27. The Morgan fingerprint density at radius 1 is 1.40 bits per heavy atom. The Hall–Kier alpha value is -2.08. The van der Waals surface area contributed by atoms with Gasteiger partial charge in [0.2, 0.25) is 11.8 Å². The number of nitrogens with two attached hydrogens (primary N) is 1. The summed E-state index contributed by atoms with van der Waals surface area (Å²) < 4.78 is 0. The van der Waals surface area contributed by atoms with Crippen LogP contribution >= 0.6 is 12.4 Å². The van der Waals surface area contributed by atoms with Crippen LogP contribution in [0, 0.1) is 0 Å². The number of amides is 2. The number of rotatable bonds is 1. The van der Waals surface area contributed by atoms with Crippen molar-refractivity contribution >= 4 is 41.4 Å². The number of carbonyl (C=O) groups is 2. The monoisotopic (exact) mass is 294 g/mol. The van der Waals surface area contributed by atoms with Crippen molar-refractivity contribution in [1.82, 2.24) is 10.2 Å². The number of hydrogen-bond acceptors (Lipinski definition) is 5. The van der Waals surface area contributed by atoms with Crippen LogP contribution in [0.3, 0.4) is 0 Å². The van der Waals surface area contributed by atoms with Gasteiger partial charge in [-0.25, -0.2) is 4.99 Å². The largest absolute Gasteiger partial charge is 0.399 e. The van der Waals surface area contributed by atoms with E-state index in [4.69, 9.17) is 5.73 Å². The molecule has 1 atom stereocenters. The van der Waals surface area contributed by atoms with Crippen molar-refractivity contribution in [2.75, 3.05) is 5.73 Å². The van der Waals surface area contributed by atoms with E-state index in [1.807, 2.05) is 24.0 Å². The normalized spacial score (nSPS) is 20.9. The zero-order chi connectivity index (χ0) is 13.6. The molecule has 0 aromatic heterocycles. The van der Waals surface area contributed by atoms with Gasteiger partial charge >= 0.3 is 0 Å². The molecule has 0 spiro atoms. The number of nitrogen functional groups attached to an aromatic ring is 1. The minimum Gasteiger partial charge on any atom is -0.399 e. The molecule has 2 heterocycles. The lowest BCUT2D eigenvalue weighted by atomic mass is 10.1. The Morgan fingerprint density at radius 2 is 2.15 bits per heavy atom. The van der Waals surface area contributed by atoms with Crippen molar-refractivity contribution in [2.45, 2.75) is 25.9 Å². The Labute approximate surface area is 122 Å². The number of nitrogens with one attached hydrogen (secondary N) is 1. The van der Waals surface area contributed by atoms with Gasteiger partial charge in [-0.2, -0.15) is 0 Å². The second-order valence-corrected chi connectivity index (χ2v) is 4.81. The average Bonchev–Trinajstić information content (AvgIpc) is 2.68. The number of carbonyl (C=O) groups excluding carboxylic acids is 2. The van der Waals surface area contributed by atoms with E-state index in [1.165, 1.54) is 0 Å². The Balaban J connectivity index is 0.00000147. The molecule has 1 fully saturated rings. The van der Waals surface area contributed by atoms with E-state index < -0.39 is 6.04 Å². The summed E-state index contributed by atoms with van der Waals surface area (Å²) in [6, 6.07) is 5.06. The number of aliphatic imine (C=N–C) groups is 1. The van der Waals surface area contributed by atoms with Crippen molar-refractivity contribution in [3.63, 3.8) is 0 Å². The number of halogens is 1. The molecule has 0 bridgehead atoms. The van der Waals surface area contributed by atoms with E-state index in [2.05, 4.69) is 10.3 Å². The van der Waals surface area contributed by atoms with Gasteiger partial charge in [0.05, 0.1) is 12.1 Å². The Morgan fingerprint density at radius 3 is 2.80 bits per heavy atom. The van der Waals surface area contributed by atoms with Crippen LogP contribution in [0.25, 0.3) is 0 Å². The molecule has 0 saturated carbocycles. The fraction of sp³-hybridized carbons (Fsp3) is 0.308. The highest BCUT2D eigenvalue weighted by Crippen LogP contribution is 2.30. The molecule has 0 aliphatic carbocycles. The lowest BCUT2D eigenvalue weighted by Crippen LogP contribution is -2.44. The highest BCUT2D eigenvalue weighted by Gasteiger charge is 2.37. The Kier molecular flexibility index (Phi) is 3.67. The fourth-order valence-corrected chi connectivity index (χ4v) is 2.51. The summed E-state index contributed by atoms with van der Waals surface area (Å²) in [5.74, 6) is 0.250. The minimum atomic E-state index is -0.467. The SMILES string of the molecule is CC1=Nc2ccc(N)cc2CN1C1CC(=O)NC1=O.Cl. The molecular weight excluding hydrogens is 280 g/mol. The molecule has 3 N–H and O–H groups in total. The first-order chi connectivity index (χ1) is 9.04. The number of fused-ring (bicyclic) bond motifs is 1. The lowest BCUT2D eigenvalue weighted by molar-refractivity contribution is -0.125. The van der Waals surface area contributed by atoms with Crippen LogP contribution in [0.15, 0.2) is 23.2 Å². The highest BCUT2D eigenvalue weighted by molar-refractivity contribution is 6.07. The number of amidine groups is 1. The van der Waals surface area contributed by atoms with Gasteiger partial charge in [0.15, 0.2) is 0 Å². The zero-order valence-electron chi connectivity index (χ0n) is 10.9. The van der Waals surface area contributed by atoms with Gasteiger partial charge < -0.3 is 10.6 Å². The molecule has 106 valence electrons. The first-order valence-corrected chi connectivity index (χ1v) is 6.08. The number of anilines is 1. The number of hydrogen-bond donors (Lipinski definition) is 2. The van der Waals surface area contributed by atoms with E-state index in [0.717, 1.165) is 17.1 Å². The van der Waals surface area contributed by atoms with Gasteiger partial charge in [-0.05, 0) is 30.7 Å². The fourth-order valence-electron chi connectivity index (χ4n) is 2.51. The number of nitrogens with zero attached hydrogens (tertiary/aromatic N) is 2. The highest BCUT2D eigenvalue weighted by atomic mass is 35.5. The van der Waals surface area contributed by atoms with E-state index in [-0.39, 0.29) is 30.6 Å². The summed E-state index contributed by atoms with van der Waals surface area (Å²) >= 11 is 0. The second kappa shape index (κ2) is 5.13. The maximum absolute atomic E-state index is 11.8.